The number of benzene rings is 3. The van der Waals surface area contributed by atoms with E-state index in [-0.39, 0.29) is 0 Å². The molecule has 0 aliphatic rings. The van der Waals surface area contributed by atoms with E-state index in [4.69, 9.17) is 4.74 Å². The van der Waals surface area contributed by atoms with Gasteiger partial charge < -0.3 is 15.0 Å². The number of H-pyrrole nitrogens is 1. The maximum Gasteiger partial charge on any atom is 0.175 e. The van der Waals surface area contributed by atoms with Crippen LogP contribution < -0.4 is 10.1 Å². The first-order valence-electron chi connectivity index (χ1n) is 9.14. The van der Waals surface area contributed by atoms with E-state index in [2.05, 4.69) is 22.4 Å². The van der Waals surface area contributed by atoms with E-state index in [0.29, 0.717) is 11.5 Å². The number of hydrogen-bond donors (Lipinski definition) is 2. The molecule has 2 N–H and O–H groups in total. The van der Waals surface area contributed by atoms with Gasteiger partial charge in [0.1, 0.15) is 12.4 Å². The molecule has 3 aromatic carbocycles. The van der Waals surface area contributed by atoms with Crippen LogP contribution in [0.4, 0.5) is 0 Å². The van der Waals surface area contributed by atoms with Crippen molar-refractivity contribution in [2.24, 2.45) is 0 Å². The number of hydrogen-bond acceptors (Lipinski definition) is 4. The van der Waals surface area contributed by atoms with E-state index in [1.165, 1.54) is 11.8 Å². The number of sulfone groups is 1. The van der Waals surface area contributed by atoms with Crippen molar-refractivity contribution >= 4 is 31.6 Å². The lowest BCUT2D eigenvalue weighted by Gasteiger charge is -2.08. The lowest BCUT2D eigenvalue weighted by Crippen LogP contribution is -2.20. The Bertz CT molecular complexity index is 1210. The minimum atomic E-state index is -3.23. The Morgan fingerprint density at radius 3 is 2.39 bits per heavy atom. The molecule has 4 rings (SSSR count). The number of rotatable bonds is 7. The molecule has 0 aliphatic heterocycles. The summed E-state index contributed by atoms with van der Waals surface area (Å²) in [5.74, 6) is 0.781. The van der Waals surface area contributed by atoms with Crippen LogP contribution in [0.5, 0.6) is 5.75 Å². The van der Waals surface area contributed by atoms with Gasteiger partial charge in [0.25, 0.3) is 0 Å². The Balaban J connectivity index is 1.43. The first-order chi connectivity index (χ1) is 13.5. The summed E-state index contributed by atoms with van der Waals surface area (Å²) in [6.07, 6.45) is 1.22. The standard InChI is InChI=1S/C22H22N2O3S/c1-28(25,26)18-8-10-20-19-9-7-17(13-21(19)24-22(20)14-18)27-12-11-23-15-16-5-3-2-4-6-16/h2-10,13-14,23-24H,11-12,15H2,1H3. The van der Waals surface area contributed by atoms with Crippen molar-refractivity contribution in [3.8, 4) is 5.75 Å². The van der Waals surface area contributed by atoms with Crippen molar-refractivity contribution in [1.29, 1.82) is 0 Å². The molecule has 0 unspecified atom stereocenters. The molecule has 5 nitrogen and oxygen atoms in total. The van der Waals surface area contributed by atoms with Crippen LogP contribution in [0.2, 0.25) is 0 Å². The summed E-state index contributed by atoms with van der Waals surface area (Å²) in [6.45, 7) is 2.13. The number of ether oxygens (including phenoxy) is 1. The summed E-state index contributed by atoms with van der Waals surface area (Å²) in [7, 11) is -3.23. The van der Waals surface area contributed by atoms with Crippen molar-refractivity contribution in [3.63, 3.8) is 0 Å². The molecule has 0 saturated heterocycles. The number of aromatic amines is 1. The second-order valence-electron chi connectivity index (χ2n) is 6.82. The zero-order chi connectivity index (χ0) is 19.6. The molecule has 0 bridgehead atoms. The maximum atomic E-state index is 11.8. The Morgan fingerprint density at radius 1 is 0.929 bits per heavy atom. The minimum absolute atomic E-state index is 0.313. The molecule has 1 heterocycles. The largest absolute Gasteiger partial charge is 0.492 e. The van der Waals surface area contributed by atoms with Crippen LogP contribution in [0.1, 0.15) is 5.56 Å². The fraction of sp³-hybridized carbons (Fsp3) is 0.182. The van der Waals surface area contributed by atoms with Crippen LogP contribution in [0, 0.1) is 0 Å². The molecule has 0 radical (unpaired) electrons. The normalized spacial score (nSPS) is 11.9. The average Bonchev–Trinajstić information content (AvgIpc) is 3.05. The third kappa shape index (κ3) is 4.03. The van der Waals surface area contributed by atoms with E-state index < -0.39 is 9.84 Å². The van der Waals surface area contributed by atoms with Crippen molar-refractivity contribution in [3.05, 3.63) is 72.3 Å². The zero-order valence-electron chi connectivity index (χ0n) is 15.6. The van der Waals surface area contributed by atoms with Gasteiger partial charge in [-0.1, -0.05) is 36.4 Å². The summed E-state index contributed by atoms with van der Waals surface area (Å²) in [4.78, 5) is 3.61. The molecule has 0 amide bonds. The van der Waals surface area contributed by atoms with E-state index >= 15 is 0 Å². The average molecular weight is 394 g/mol. The molecule has 0 aliphatic carbocycles. The molecule has 1 aromatic heterocycles. The predicted molar refractivity (Wildman–Crippen MR) is 113 cm³/mol. The maximum absolute atomic E-state index is 11.8. The van der Waals surface area contributed by atoms with Gasteiger partial charge in [-0.3, -0.25) is 0 Å². The highest BCUT2D eigenvalue weighted by Gasteiger charge is 2.11. The van der Waals surface area contributed by atoms with E-state index in [1.54, 1.807) is 12.1 Å². The van der Waals surface area contributed by atoms with Gasteiger partial charge in [0.05, 0.1) is 10.4 Å². The van der Waals surface area contributed by atoms with Gasteiger partial charge in [-0.05, 0) is 29.8 Å². The van der Waals surface area contributed by atoms with Crippen LogP contribution in [-0.2, 0) is 16.4 Å². The highest BCUT2D eigenvalue weighted by atomic mass is 32.2. The fourth-order valence-corrected chi connectivity index (χ4v) is 3.91. The molecule has 144 valence electrons. The fourth-order valence-electron chi connectivity index (χ4n) is 3.26. The van der Waals surface area contributed by atoms with Gasteiger partial charge in [0.2, 0.25) is 0 Å². The highest BCUT2D eigenvalue weighted by molar-refractivity contribution is 7.90. The van der Waals surface area contributed by atoms with Crippen molar-refractivity contribution in [2.45, 2.75) is 11.4 Å². The van der Waals surface area contributed by atoms with Gasteiger partial charge in [-0.25, -0.2) is 8.42 Å². The van der Waals surface area contributed by atoms with Crippen LogP contribution >= 0.6 is 0 Å². The third-order valence-corrected chi connectivity index (χ3v) is 5.80. The predicted octanol–water partition coefficient (Wildman–Crippen LogP) is 3.89. The Morgan fingerprint density at radius 2 is 1.64 bits per heavy atom. The van der Waals surface area contributed by atoms with E-state index in [0.717, 1.165) is 40.6 Å². The van der Waals surface area contributed by atoms with Crippen LogP contribution in [0.3, 0.4) is 0 Å². The first-order valence-corrected chi connectivity index (χ1v) is 11.0. The smallest absolute Gasteiger partial charge is 0.175 e. The lowest BCUT2D eigenvalue weighted by molar-refractivity contribution is 0.314. The van der Waals surface area contributed by atoms with Gasteiger partial charge in [-0.2, -0.15) is 0 Å². The topological polar surface area (TPSA) is 71.2 Å². The van der Waals surface area contributed by atoms with Crippen molar-refractivity contribution in [1.82, 2.24) is 10.3 Å². The number of nitrogens with one attached hydrogen (secondary N) is 2. The van der Waals surface area contributed by atoms with Crippen molar-refractivity contribution in [2.75, 3.05) is 19.4 Å². The molecular weight excluding hydrogens is 372 g/mol. The molecular formula is C22H22N2O3S. The Labute approximate surface area is 164 Å². The molecule has 0 spiro atoms. The zero-order valence-corrected chi connectivity index (χ0v) is 16.4. The quantitative estimate of drug-likeness (QED) is 0.467. The van der Waals surface area contributed by atoms with Gasteiger partial charge in [0.15, 0.2) is 9.84 Å². The molecule has 4 aromatic rings. The van der Waals surface area contributed by atoms with E-state index in [1.807, 2.05) is 42.5 Å². The summed E-state index contributed by atoms with van der Waals surface area (Å²) in [6, 6.07) is 21.3. The van der Waals surface area contributed by atoms with Gasteiger partial charge >= 0.3 is 0 Å². The Kier molecular flexibility index (Phi) is 5.07. The lowest BCUT2D eigenvalue weighted by atomic mass is 10.1. The number of aromatic nitrogens is 1. The summed E-state index contributed by atoms with van der Waals surface area (Å²) in [5.41, 5.74) is 2.98. The summed E-state index contributed by atoms with van der Waals surface area (Å²) in [5, 5.41) is 5.41. The SMILES string of the molecule is CS(=O)(=O)c1ccc2c(c1)[nH]c1cc(OCCNCc3ccccc3)ccc12. The molecule has 0 atom stereocenters. The molecule has 0 saturated carbocycles. The second kappa shape index (κ2) is 7.66. The van der Waals surface area contributed by atoms with Gasteiger partial charge in [0, 0.05) is 41.7 Å². The highest BCUT2D eigenvalue weighted by Crippen LogP contribution is 2.29. The van der Waals surface area contributed by atoms with Crippen molar-refractivity contribution < 1.29 is 13.2 Å². The minimum Gasteiger partial charge on any atom is -0.492 e. The van der Waals surface area contributed by atoms with Crippen LogP contribution in [0.25, 0.3) is 21.8 Å². The monoisotopic (exact) mass is 394 g/mol. The number of fused-ring (bicyclic) bond motifs is 3. The summed E-state index contributed by atoms with van der Waals surface area (Å²) < 4.78 is 29.4. The van der Waals surface area contributed by atoms with Gasteiger partial charge in [-0.15, -0.1) is 0 Å². The Hall–Kier alpha value is -2.83. The van der Waals surface area contributed by atoms with E-state index in [9.17, 15) is 8.42 Å². The second-order valence-corrected chi connectivity index (χ2v) is 8.84. The molecule has 28 heavy (non-hydrogen) atoms. The van der Waals surface area contributed by atoms with Crippen LogP contribution in [0.15, 0.2) is 71.6 Å². The third-order valence-electron chi connectivity index (χ3n) is 4.69. The summed E-state index contributed by atoms with van der Waals surface area (Å²) >= 11 is 0. The van der Waals surface area contributed by atoms with Crippen LogP contribution in [-0.4, -0.2) is 32.8 Å². The molecule has 0 fully saturated rings. The first kappa shape index (κ1) is 18.5. The molecule has 6 heteroatoms.